The van der Waals surface area contributed by atoms with Gasteiger partial charge >= 0.3 is 47.8 Å². The number of phenols is 22. The van der Waals surface area contributed by atoms with Gasteiger partial charge in [0.2, 0.25) is 70.8 Å². The zero-order valence-corrected chi connectivity index (χ0v) is 55.5. The Morgan fingerprint density at radius 2 is 0.857 bits per heavy atom. The second-order valence-electron chi connectivity index (χ2n) is 24.4. The molecule has 0 saturated carbocycles. The molecule has 0 spiro atoms. The standard InChI is InChI=1S/C69H52O43/c1-15(71)103-57-49(89)34(13-70)105-68(59(57)109-63(97)20-8-28(76)44(84)50(90)36(20)18-2-3-25(73)43(83)41(18)81)112-67(101)24-12-32(80)48(88)54(94)55(24)104-33-5-16(4-27(75)42(33)82)61(95)111-69-60-58(108-65(99)22-10-30(78)46(86)52(92)39(22)40-23(66(100)110-60)11-31(79)47(87)53(40)93)56-35(106-69)14-102-62(96)19-6-17(72)7-26(74)37(19)38-21(64(98)107-56)9-29(77)45(85)51(38)91/h2-12,34-35,49,56-60,68-70,72-94H,13-14H2,1H3. The maximum absolute atomic E-state index is 14.9. The van der Waals surface area contributed by atoms with Crippen molar-refractivity contribution in [3.63, 3.8) is 0 Å². The van der Waals surface area contributed by atoms with E-state index < -0.39 is 333 Å². The van der Waals surface area contributed by atoms with Gasteiger partial charge in [0.1, 0.15) is 42.0 Å². The van der Waals surface area contributed by atoms with E-state index in [-0.39, 0.29) is 6.07 Å². The highest BCUT2D eigenvalue weighted by atomic mass is 16.8. The molecule has 0 amide bonds. The smallest absolute Gasteiger partial charge is 0.344 e. The van der Waals surface area contributed by atoms with Crippen LogP contribution in [0.25, 0.3) is 33.4 Å². The van der Waals surface area contributed by atoms with Crippen molar-refractivity contribution in [3.8, 4) is 171 Å². The average Bonchev–Trinajstić information content (AvgIpc) is 1.18. The lowest BCUT2D eigenvalue weighted by atomic mass is 9.91. The van der Waals surface area contributed by atoms with Crippen molar-refractivity contribution in [2.24, 2.45) is 0 Å². The van der Waals surface area contributed by atoms with Crippen LogP contribution >= 0.6 is 0 Å². The fourth-order valence-corrected chi connectivity index (χ4v) is 12.3. The van der Waals surface area contributed by atoms with Crippen molar-refractivity contribution in [3.05, 3.63) is 106 Å². The maximum atomic E-state index is 14.9. The molecule has 2 saturated heterocycles. The number of benzene rings is 8. The number of esters is 8. The Hall–Kier alpha value is -15.2. The lowest BCUT2D eigenvalue weighted by Crippen LogP contribution is -2.63. The number of ether oxygens (including phenoxy) is 11. The van der Waals surface area contributed by atoms with E-state index in [1.165, 1.54) is 0 Å². The van der Waals surface area contributed by atoms with Crippen LogP contribution in [0, 0.1) is 0 Å². The highest BCUT2D eigenvalue weighted by Gasteiger charge is 2.57. The molecular formula is C69H52O43. The van der Waals surface area contributed by atoms with Crippen LogP contribution in [0.2, 0.25) is 0 Å². The SMILES string of the molecule is CC(=O)OC1C(O)C(CO)OC(OC(=O)c2cc(O)c(O)c(O)c2Oc2cc(C(=O)OC3OC4COC(=O)c5cc(O)cc(O)c5-c5c(cc(O)c(O)c5O)C(=O)OC4C4OC(=O)c5cc(O)c(O)c(O)c5-c5c(cc(O)c(O)c5O)C(=O)OC34)cc(O)c2O)C1OC(=O)c1cc(O)c(O)c(O)c1-c1ccc(O)c(O)c1O. The minimum absolute atomic E-state index is 0.232. The van der Waals surface area contributed by atoms with Gasteiger partial charge in [0.15, 0.2) is 98.8 Å². The molecule has 2 fully saturated rings. The molecule has 0 aliphatic carbocycles. The van der Waals surface area contributed by atoms with Crippen molar-refractivity contribution in [2.45, 2.75) is 68.3 Å². The normalized spacial score (nSPS) is 20.6. The number of cyclic esters (lactones) is 1. The zero-order valence-electron chi connectivity index (χ0n) is 55.5. The van der Waals surface area contributed by atoms with E-state index >= 15 is 0 Å². The van der Waals surface area contributed by atoms with Crippen LogP contribution < -0.4 is 4.74 Å². The van der Waals surface area contributed by atoms with Crippen molar-refractivity contribution in [1.82, 2.24) is 0 Å². The number of carbonyl (C=O) groups excluding carboxylic acids is 8. The van der Waals surface area contributed by atoms with Gasteiger partial charge in [-0.15, -0.1) is 0 Å². The second-order valence-corrected chi connectivity index (χ2v) is 24.4. The van der Waals surface area contributed by atoms with E-state index in [1.54, 1.807) is 0 Å². The predicted octanol–water partition coefficient (Wildman–Crippen LogP) is 2.44. The summed E-state index contributed by atoms with van der Waals surface area (Å²) < 4.78 is 61.8. The molecule has 10 atom stereocenters. The van der Waals surface area contributed by atoms with Crippen molar-refractivity contribution in [1.29, 1.82) is 0 Å². The molecule has 43 nitrogen and oxygen atoms in total. The van der Waals surface area contributed by atoms with E-state index in [0.29, 0.717) is 54.6 Å². The Kier molecular flexibility index (Phi) is 19.4. The Bertz CT molecular complexity index is 5390. The van der Waals surface area contributed by atoms with Gasteiger partial charge in [-0.25, -0.2) is 33.6 Å². The molecule has 12 rings (SSSR count). The van der Waals surface area contributed by atoms with E-state index in [9.17, 15) is 161 Å². The number of carbonyl (C=O) groups is 8. The van der Waals surface area contributed by atoms with E-state index in [0.717, 1.165) is 13.0 Å². The minimum atomic E-state index is -2.86. The molecule has 4 aliphatic rings. The number of phenolic OH excluding ortho intramolecular Hbond substituents is 22. The second kappa shape index (κ2) is 28.5. The maximum Gasteiger partial charge on any atom is 0.344 e. The topological polar surface area (TPSA) is 724 Å². The number of aromatic hydroxyl groups is 22. The largest absolute Gasteiger partial charge is 0.508 e. The van der Waals surface area contributed by atoms with Crippen LogP contribution in [-0.4, -0.2) is 245 Å². The number of fused-ring (bicyclic) bond motifs is 9. The zero-order chi connectivity index (χ0) is 81.7. The molecule has 586 valence electrons. The molecule has 112 heavy (non-hydrogen) atoms. The molecule has 10 unspecified atom stereocenters. The van der Waals surface area contributed by atoms with Gasteiger partial charge in [-0.3, -0.25) is 4.79 Å². The number of aliphatic hydroxyl groups is 2. The van der Waals surface area contributed by atoms with Gasteiger partial charge in [-0.2, -0.15) is 0 Å². The first-order valence-electron chi connectivity index (χ1n) is 31.4. The van der Waals surface area contributed by atoms with Crippen LogP contribution in [0.3, 0.4) is 0 Å². The Morgan fingerprint density at radius 1 is 0.393 bits per heavy atom. The molecule has 8 aromatic rings. The predicted molar refractivity (Wildman–Crippen MR) is 349 cm³/mol. The van der Waals surface area contributed by atoms with Crippen molar-refractivity contribution in [2.75, 3.05) is 13.2 Å². The van der Waals surface area contributed by atoms with Crippen LogP contribution in [0.15, 0.2) is 66.7 Å². The molecule has 0 bridgehead atoms. The fraction of sp³-hybridized carbons (Fsp3) is 0.188. The van der Waals surface area contributed by atoms with Crippen molar-refractivity contribution >= 4 is 47.8 Å². The third-order valence-electron chi connectivity index (χ3n) is 17.5. The van der Waals surface area contributed by atoms with Crippen LogP contribution in [0.5, 0.6) is 138 Å². The Labute approximate surface area is 617 Å². The molecule has 8 aromatic carbocycles. The molecule has 0 radical (unpaired) electrons. The van der Waals surface area contributed by atoms with Gasteiger partial charge in [0.05, 0.1) is 40.0 Å². The summed E-state index contributed by atoms with van der Waals surface area (Å²) >= 11 is 0. The summed E-state index contributed by atoms with van der Waals surface area (Å²) in [7, 11) is 0. The van der Waals surface area contributed by atoms with Crippen LogP contribution in [0.4, 0.5) is 0 Å². The molecule has 43 heteroatoms. The monoisotopic (exact) mass is 1570 g/mol. The average molecular weight is 1570 g/mol. The van der Waals surface area contributed by atoms with E-state index in [1.807, 2.05) is 0 Å². The number of aliphatic hydroxyl groups excluding tert-OH is 2. The lowest BCUT2D eigenvalue weighted by Gasteiger charge is -2.44. The number of rotatable bonds is 11. The summed E-state index contributed by atoms with van der Waals surface area (Å²) in [6.45, 7) is -1.96. The first-order valence-corrected chi connectivity index (χ1v) is 31.4. The van der Waals surface area contributed by atoms with Gasteiger partial charge in [-0.1, -0.05) is 0 Å². The molecule has 4 aliphatic heterocycles. The Morgan fingerprint density at radius 3 is 1.41 bits per heavy atom. The summed E-state index contributed by atoms with van der Waals surface area (Å²) in [4.78, 5) is 116. The summed E-state index contributed by atoms with van der Waals surface area (Å²) in [6, 6.07) is 4.95. The third-order valence-corrected chi connectivity index (χ3v) is 17.5. The summed E-state index contributed by atoms with van der Waals surface area (Å²) in [5.41, 5.74) is -14.4. The first kappa shape index (κ1) is 76.4. The summed E-state index contributed by atoms with van der Waals surface area (Å²) in [5.74, 6) is -48.0. The molecule has 4 heterocycles. The van der Waals surface area contributed by atoms with Gasteiger partial charge in [0.25, 0.3) is 0 Å². The van der Waals surface area contributed by atoms with E-state index in [4.69, 9.17) is 52.1 Å². The van der Waals surface area contributed by atoms with Crippen LogP contribution in [0.1, 0.15) is 79.4 Å². The lowest BCUT2D eigenvalue weighted by molar-refractivity contribution is -0.287. The first-order chi connectivity index (χ1) is 52.7. The molecule has 24 N–H and O–H groups in total. The highest BCUT2D eigenvalue weighted by Crippen LogP contribution is 2.57. The van der Waals surface area contributed by atoms with Gasteiger partial charge < -0.3 is 175 Å². The quantitative estimate of drug-likeness (QED) is 0.0502. The Balaban J connectivity index is 0.938. The third kappa shape index (κ3) is 13.0. The highest BCUT2D eigenvalue weighted by molar-refractivity contribution is 6.10. The van der Waals surface area contributed by atoms with Crippen LogP contribution in [-0.2, 0) is 52.2 Å². The minimum Gasteiger partial charge on any atom is -0.508 e. The fourth-order valence-electron chi connectivity index (χ4n) is 12.3. The molecule has 0 aromatic heterocycles. The number of hydrogen-bond donors (Lipinski definition) is 24. The summed E-state index contributed by atoms with van der Waals surface area (Å²) in [6.07, 6.45) is -25.4. The van der Waals surface area contributed by atoms with Crippen molar-refractivity contribution < 1.29 is 213 Å². The molecular weight excluding hydrogens is 1520 g/mol. The number of hydrogen-bond acceptors (Lipinski definition) is 43. The summed E-state index contributed by atoms with van der Waals surface area (Å²) in [5, 5.41) is 261. The van der Waals surface area contributed by atoms with Gasteiger partial charge in [-0.05, 0) is 54.6 Å². The van der Waals surface area contributed by atoms with Gasteiger partial charge in [0, 0.05) is 52.4 Å². The van der Waals surface area contributed by atoms with E-state index in [2.05, 4.69) is 0 Å².